The Hall–Kier alpha value is -2.11. The van der Waals surface area contributed by atoms with Crippen LogP contribution < -0.4 is 0 Å². The Balaban J connectivity index is 1.62. The fourth-order valence-corrected chi connectivity index (χ4v) is 4.53. The summed E-state index contributed by atoms with van der Waals surface area (Å²) in [5.41, 5.74) is 5.56. The number of hydrogen-bond acceptors (Lipinski definition) is 2. The minimum absolute atomic E-state index is 0.00404. The van der Waals surface area contributed by atoms with Gasteiger partial charge >= 0.3 is 0 Å². The molecule has 2 heteroatoms. The monoisotopic (exact) mass is 360 g/mol. The van der Waals surface area contributed by atoms with Crippen LogP contribution in [0, 0.1) is 11.3 Å². The van der Waals surface area contributed by atoms with Gasteiger partial charge in [-0.3, -0.25) is 4.90 Å². The maximum Gasteiger partial charge on any atom is 0.0716 e. The van der Waals surface area contributed by atoms with Crippen molar-refractivity contribution in [2.45, 2.75) is 63.8 Å². The van der Waals surface area contributed by atoms with E-state index in [0.717, 1.165) is 19.4 Å². The summed E-state index contributed by atoms with van der Waals surface area (Å²) in [4.78, 5) is 2.50. The van der Waals surface area contributed by atoms with E-state index in [0.29, 0.717) is 12.0 Å². The highest BCUT2D eigenvalue weighted by atomic mass is 15.1. The summed E-state index contributed by atoms with van der Waals surface area (Å²) in [5.74, 6) is 0.453. The number of nitriles is 1. The Labute approximate surface area is 164 Å². The van der Waals surface area contributed by atoms with E-state index in [1.807, 2.05) is 0 Å². The SMILES string of the molecule is CC(C)c1ccccc1C(C#N)CCCN(C)C1CCCc2ccccc21. The third-order valence-corrected chi connectivity index (χ3v) is 6.02. The first-order valence-electron chi connectivity index (χ1n) is 10.4. The Morgan fingerprint density at radius 1 is 1.07 bits per heavy atom. The summed E-state index contributed by atoms with van der Waals surface area (Å²) >= 11 is 0. The Morgan fingerprint density at radius 2 is 1.78 bits per heavy atom. The second-order valence-corrected chi connectivity index (χ2v) is 8.19. The van der Waals surface area contributed by atoms with Gasteiger partial charge in [-0.15, -0.1) is 0 Å². The maximum absolute atomic E-state index is 9.77. The van der Waals surface area contributed by atoms with Crippen molar-refractivity contribution in [3.8, 4) is 6.07 Å². The molecule has 0 heterocycles. The maximum atomic E-state index is 9.77. The number of rotatable bonds is 7. The van der Waals surface area contributed by atoms with E-state index < -0.39 is 0 Å². The molecule has 142 valence electrons. The zero-order valence-electron chi connectivity index (χ0n) is 17.0. The van der Waals surface area contributed by atoms with Gasteiger partial charge in [0.2, 0.25) is 0 Å². The van der Waals surface area contributed by atoms with Crippen molar-refractivity contribution in [3.05, 3.63) is 70.8 Å². The molecule has 0 aromatic heterocycles. The third kappa shape index (κ3) is 4.60. The van der Waals surface area contributed by atoms with Crippen molar-refractivity contribution in [1.82, 2.24) is 4.90 Å². The lowest BCUT2D eigenvalue weighted by molar-refractivity contribution is 0.217. The van der Waals surface area contributed by atoms with Crippen molar-refractivity contribution >= 4 is 0 Å². The van der Waals surface area contributed by atoms with E-state index in [1.165, 1.54) is 41.5 Å². The van der Waals surface area contributed by atoms with Gasteiger partial charge in [0.25, 0.3) is 0 Å². The van der Waals surface area contributed by atoms with Gasteiger partial charge in [-0.05, 0) is 73.9 Å². The molecule has 27 heavy (non-hydrogen) atoms. The molecule has 0 aliphatic heterocycles. The fourth-order valence-electron chi connectivity index (χ4n) is 4.53. The predicted molar refractivity (Wildman–Crippen MR) is 113 cm³/mol. The smallest absolute Gasteiger partial charge is 0.0716 e. The van der Waals surface area contributed by atoms with Crippen LogP contribution in [-0.4, -0.2) is 18.5 Å². The molecule has 0 saturated carbocycles. The molecular weight excluding hydrogens is 328 g/mol. The molecule has 0 radical (unpaired) electrons. The molecule has 2 aromatic carbocycles. The summed E-state index contributed by atoms with van der Waals surface area (Å²) in [6, 6.07) is 20.5. The van der Waals surface area contributed by atoms with Crippen LogP contribution in [0.4, 0.5) is 0 Å². The molecule has 0 saturated heterocycles. The van der Waals surface area contributed by atoms with Crippen LogP contribution in [0.1, 0.15) is 79.7 Å². The lowest BCUT2D eigenvalue weighted by Gasteiger charge is -2.33. The van der Waals surface area contributed by atoms with Crippen LogP contribution in [-0.2, 0) is 6.42 Å². The standard InChI is InChI=1S/C25H32N2/c1-19(2)22-13-6-7-14-23(22)21(18-26)12-9-17-27(3)25-16-8-11-20-10-4-5-15-24(20)25/h4-7,10,13-15,19,21,25H,8-9,11-12,16-17H2,1-3H3. The second kappa shape index (κ2) is 9.20. The summed E-state index contributed by atoms with van der Waals surface area (Å²) in [6.07, 6.45) is 5.71. The number of nitrogens with zero attached hydrogens (tertiary/aromatic N) is 2. The Bertz CT molecular complexity index is 787. The number of fused-ring (bicyclic) bond motifs is 1. The van der Waals surface area contributed by atoms with Gasteiger partial charge in [0.15, 0.2) is 0 Å². The van der Waals surface area contributed by atoms with E-state index in [-0.39, 0.29) is 5.92 Å². The molecule has 2 unspecified atom stereocenters. The molecule has 2 atom stereocenters. The van der Waals surface area contributed by atoms with Crippen LogP contribution in [0.25, 0.3) is 0 Å². The molecule has 0 fully saturated rings. The Morgan fingerprint density at radius 3 is 2.52 bits per heavy atom. The van der Waals surface area contributed by atoms with Gasteiger partial charge in [-0.2, -0.15) is 5.26 Å². The molecule has 1 aliphatic rings. The second-order valence-electron chi connectivity index (χ2n) is 8.19. The fraction of sp³-hybridized carbons (Fsp3) is 0.480. The van der Waals surface area contributed by atoms with E-state index >= 15 is 0 Å². The molecule has 0 N–H and O–H groups in total. The lowest BCUT2D eigenvalue weighted by Crippen LogP contribution is -2.28. The Kier molecular flexibility index (Phi) is 6.69. The quantitative estimate of drug-likeness (QED) is 0.587. The minimum Gasteiger partial charge on any atom is -0.299 e. The van der Waals surface area contributed by atoms with Gasteiger partial charge in [-0.1, -0.05) is 62.4 Å². The van der Waals surface area contributed by atoms with Gasteiger partial charge in [0, 0.05) is 6.04 Å². The zero-order valence-corrected chi connectivity index (χ0v) is 17.0. The normalized spacial score (nSPS) is 17.6. The van der Waals surface area contributed by atoms with Crippen molar-refractivity contribution in [2.75, 3.05) is 13.6 Å². The minimum atomic E-state index is -0.00404. The molecule has 0 spiro atoms. The van der Waals surface area contributed by atoms with Gasteiger partial charge in [-0.25, -0.2) is 0 Å². The van der Waals surface area contributed by atoms with Gasteiger partial charge < -0.3 is 0 Å². The highest BCUT2D eigenvalue weighted by Gasteiger charge is 2.23. The molecule has 2 aromatic rings. The van der Waals surface area contributed by atoms with E-state index in [1.54, 1.807) is 0 Å². The summed E-state index contributed by atoms with van der Waals surface area (Å²) in [7, 11) is 2.25. The van der Waals surface area contributed by atoms with Crippen molar-refractivity contribution < 1.29 is 0 Å². The molecule has 2 nitrogen and oxygen atoms in total. The largest absolute Gasteiger partial charge is 0.299 e. The van der Waals surface area contributed by atoms with Gasteiger partial charge in [0.05, 0.1) is 12.0 Å². The average molecular weight is 361 g/mol. The zero-order chi connectivity index (χ0) is 19.2. The first-order chi connectivity index (χ1) is 13.1. The number of hydrogen-bond donors (Lipinski definition) is 0. The first kappa shape index (κ1) is 19.6. The molecule has 0 bridgehead atoms. The van der Waals surface area contributed by atoms with Crippen LogP contribution in [0.15, 0.2) is 48.5 Å². The highest BCUT2D eigenvalue weighted by molar-refractivity contribution is 5.36. The van der Waals surface area contributed by atoms with E-state index in [4.69, 9.17) is 0 Å². The molecule has 0 amide bonds. The first-order valence-corrected chi connectivity index (χ1v) is 10.4. The molecule has 1 aliphatic carbocycles. The molecule has 3 rings (SSSR count). The van der Waals surface area contributed by atoms with E-state index in [2.05, 4.69) is 80.4 Å². The van der Waals surface area contributed by atoms with E-state index in [9.17, 15) is 5.26 Å². The van der Waals surface area contributed by atoms with Crippen LogP contribution in [0.3, 0.4) is 0 Å². The van der Waals surface area contributed by atoms with Crippen molar-refractivity contribution in [1.29, 1.82) is 5.26 Å². The van der Waals surface area contributed by atoms with Crippen LogP contribution in [0.2, 0.25) is 0 Å². The third-order valence-electron chi connectivity index (χ3n) is 6.02. The van der Waals surface area contributed by atoms with Crippen LogP contribution in [0.5, 0.6) is 0 Å². The van der Waals surface area contributed by atoms with Crippen molar-refractivity contribution in [3.63, 3.8) is 0 Å². The molecular formula is C25H32N2. The average Bonchev–Trinajstić information content (AvgIpc) is 2.70. The number of aryl methyl sites for hydroxylation is 1. The summed E-state index contributed by atoms with van der Waals surface area (Å²) in [6.45, 7) is 5.46. The topological polar surface area (TPSA) is 27.0 Å². The summed E-state index contributed by atoms with van der Waals surface area (Å²) < 4.78 is 0. The highest BCUT2D eigenvalue weighted by Crippen LogP contribution is 2.34. The van der Waals surface area contributed by atoms with Crippen LogP contribution >= 0.6 is 0 Å². The summed E-state index contributed by atoms with van der Waals surface area (Å²) in [5, 5.41) is 9.77. The lowest BCUT2D eigenvalue weighted by atomic mass is 9.86. The van der Waals surface area contributed by atoms with Gasteiger partial charge in [0.1, 0.15) is 0 Å². The number of benzene rings is 2. The van der Waals surface area contributed by atoms with Crippen molar-refractivity contribution in [2.24, 2.45) is 0 Å². The predicted octanol–water partition coefficient (Wildman–Crippen LogP) is 6.21.